The Kier molecular flexibility index (Phi) is 15.0. The van der Waals surface area contributed by atoms with Crippen molar-refractivity contribution < 1.29 is 6.22 Å². The number of rotatable bonds is 2. The fourth-order valence-electron chi connectivity index (χ4n) is 1.28. The van der Waals surface area contributed by atoms with Crippen LogP contribution in [0.25, 0.3) is 0 Å². The van der Waals surface area contributed by atoms with E-state index >= 15 is 0 Å². The molecule has 0 aromatic carbocycles. The van der Waals surface area contributed by atoms with E-state index in [9.17, 15) is 4.79 Å². The zero-order valence-electron chi connectivity index (χ0n) is 10.7. The summed E-state index contributed by atoms with van der Waals surface area (Å²) in [6.45, 7) is 12.3. The van der Waals surface area contributed by atoms with Crippen molar-refractivity contribution >= 4 is 5.91 Å². The summed E-state index contributed by atoms with van der Waals surface area (Å²) in [5, 5.41) is 3.26. The highest BCUT2D eigenvalue weighted by atomic mass is 16.1. The van der Waals surface area contributed by atoms with Gasteiger partial charge in [-0.15, -0.1) is 0 Å². The van der Waals surface area contributed by atoms with Gasteiger partial charge in [0, 0.05) is 14.5 Å². The summed E-state index contributed by atoms with van der Waals surface area (Å²) in [5.74, 6) is -0.230. The van der Waals surface area contributed by atoms with Crippen LogP contribution >= 0.6 is 0 Å². The molecule has 1 saturated heterocycles. The summed E-state index contributed by atoms with van der Waals surface area (Å²) < 4.78 is 0. The number of amides is 1. The Bertz CT molecular complexity index is 137. The Morgan fingerprint density at radius 3 is 2.40 bits per heavy atom. The third-order valence-corrected chi connectivity index (χ3v) is 1.81. The number of carbonyl (C=O) groups excluding carboxylic acids is 1. The molecule has 0 aromatic heterocycles. The van der Waals surface area contributed by atoms with Gasteiger partial charge in [-0.3, -0.25) is 9.69 Å². The van der Waals surface area contributed by atoms with Gasteiger partial charge in [0.05, 0.1) is 6.54 Å². The van der Waals surface area contributed by atoms with Gasteiger partial charge in [-0.25, -0.2) is 0 Å². The molecular weight excluding hydrogens is 190 g/mol. The molecule has 1 heterocycles. The predicted octanol–water partition coefficient (Wildman–Crippen LogP) is 1.07. The number of nitrogens with two attached hydrogens (primary N) is 1. The minimum absolute atomic E-state index is 0. The molecule has 0 bridgehead atoms. The fourth-order valence-corrected chi connectivity index (χ4v) is 1.28. The van der Waals surface area contributed by atoms with Gasteiger partial charge in [-0.2, -0.15) is 0 Å². The summed E-state index contributed by atoms with van der Waals surface area (Å²) in [6.07, 6.45) is 1.10. The molecule has 0 aromatic rings. The SMILES string of the molecule is CC.CC.NC(=O)CN1CCCNCC1.[HH]. The first-order valence-corrected chi connectivity index (χ1v) is 6.00. The van der Waals surface area contributed by atoms with E-state index in [4.69, 9.17) is 5.73 Å². The molecule has 0 saturated carbocycles. The first-order chi connectivity index (χ1) is 7.29. The molecule has 4 heteroatoms. The van der Waals surface area contributed by atoms with E-state index < -0.39 is 0 Å². The molecule has 1 fully saturated rings. The van der Waals surface area contributed by atoms with Crippen molar-refractivity contribution in [2.45, 2.75) is 34.1 Å². The molecule has 1 amide bonds. The molecule has 4 nitrogen and oxygen atoms in total. The molecule has 1 rings (SSSR count). The van der Waals surface area contributed by atoms with Gasteiger partial charge in [0.2, 0.25) is 5.91 Å². The highest BCUT2D eigenvalue weighted by molar-refractivity contribution is 5.75. The van der Waals surface area contributed by atoms with Crippen LogP contribution in [0.3, 0.4) is 0 Å². The van der Waals surface area contributed by atoms with Crippen LogP contribution in [-0.4, -0.2) is 43.5 Å². The number of hydrogen-bond donors (Lipinski definition) is 2. The van der Waals surface area contributed by atoms with Crippen molar-refractivity contribution in [3.05, 3.63) is 0 Å². The van der Waals surface area contributed by atoms with Gasteiger partial charge in [-0.05, 0) is 19.5 Å². The highest BCUT2D eigenvalue weighted by Gasteiger charge is 2.09. The lowest BCUT2D eigenvalue weighted by Crippen LogP contribution is -2.36. The first kappa shape index (κ1) is 16.8. The molecule has 0 radical (unpaired) electrons. The van der Waals surface area contributed by atoms with Gasteiger partial charge in [0.25, 0.3) is 0 Å². The summed E-state index contributed by atoms with van der Waals surface area (Å²) in [4.78, 5) is 12.6. The maximum Gasteiger partial charge on any atom is 0.231 e. The monoisotopic (exact) mass is 219 g/mol. The molecule has 94 valence electrons. The average Bonchev–Trinajstić information content (AvgIpc) is 2.52. The van der Waals surface area contributed by atoms with Gasteiger partial charge in [0.1, 0.15) is 0 Å². The second-order valence-corrected chi connectivity index (χ2v) is 2.85. The third-order valence-electron chi connectivity index (χ3n) is 1.81. The summed E-state index contributed by atoms with van der Waals surface area (Å²) in [6, 6.07) is 0. The normalized spacial score (nSPS) is 16.3. The van der Waals surface area contributed by atoms with E-state index in [-0.39, 0.29) is 7.33 Å². The van der Waals surface area contributed by atoms with Crippen molar-refractivity contribution in [3.8, 4) is 0 Å². The summed E-state index contributed by atoms with van der Waals surface area (Å²) in [7, 11) is 0. The van der Waals surface area contributed by atoms with Gasteiger partial charge in [0.15, 0.2) is 0 Å². The molecule has 1 aliphatic heterocycles. The van der Waals surface area contributed by atoms with Crippen molar-refractivity contribution in [2.24, 2.45) is 5.73 Å². The van der Waals surface area contributed by atoms with E-state index in [0.29, 0.717) is 6.54 Å². The van der Waals surface area contributed by atoms with Crippen LogP contribution in [0.15, 0.2) is 0 Å². The lowest BCUT2D eigenvalue weighted by Gasteiger charge is -2.16. The summed E-state index contributed by atoms with van der Waals surface area (Å²) in [5.41, 5.74) is 5.07. The number of nitrogens with one attached hydrogen (secondary N) is 1. The lowest BCUT2D eigenvalue weighted by atomic mass is 10.4. The molecule has 1 aliphatic rings. The van der Waals surface area contributed by atoms with Crippen molar-refractivity contribution in [1.29, 1.82) is 0 Å². The Labute approximate surface area is 95.7 Å². The van der Waals surface area contributed by atoms with Gasteiger partial charge >= 0.3 is 0 Å². The highest BCUT2D eigenvalue weighted by Crippen LogP contribution is 1.93. The minimum Gasteiger partial charge on any atom is -0.369 e. The summed E-state index contributed by atoms with van der Waals surface area (Å²) >= 11 is 0. The average molecular weight is 219 g/mol. The smallest absolute Gasteiger partial charge is 0.231 e. The quantitative estimate of drug-likeness (QED) is 0.730. The number of hydrogen-bond acceptors (Lipinski definition) is 3. The zero-order valence-corrected chi connectivity index (χ0v) is 10.7. The zero-order chi connectivity index (χ0) is 12.1. The molecule has 3 N–H and O–H groups in total. The van der Waals surface area contributed by atoms with Crippen LogP contribution in [-0.2, 0) is 4.79 Å². The Balaban J connectivity index is -0.000000305. The topological polar surface area (TPSA) is 58.4 Å². The predicted molar refractivity (Wildman–Crippen MR) is 67.9 cm³/mol. The second kappa shape index (κ2) is 13.4. The molecule has 0 unspecified atom stereocenters. The standard InChI is InChI=1S/C7H15N3O.2C2H6.H2/c8-7(11)6-10-4-1-2-9-3-5-10;2*1-2;/h9H,1-6H2,(H2,8,11);2*1-2H3;1H. The van der Waals surface area contributed by atoms with Crippen LogP contribution in [0, 0.1) is 0 Å². The van der Waals surface area contributed by atoms with Crippen molar-refractivity contribution in [3.63, 3.8) is 0 Å². The number of carbonyl (C=O) groups is 1. The lowest BCUT2D eigenvalue weighted by molar-refractivity contribution is -0.119. The van der Waals surface area contributed by atoms with E-state index in [1.54, 1.807) is 0 Å². The maximum absolute atomic E-state index is 10.5. The Morgan fingerprint density at radius 2 is 1.87 bits per heavy atom. The largest absolute Gasteiger partial charge is 0.369 e. The van der Waals surface area contributed by atoms with E-state index in [1.807, 2.05) is 27.7 Å². The molecule has 0 spiro atoms. The minimum atomic E-state index is -0.230. The second-order valence-electron chi connectivity index (χ2n) is 2.85. The van der Waals surface area contributed by atoms with Crippen LogP contribution in [0.1, 0.15) is 35.5 Å². The molecule has 0 atom stereocenters. The molecule has 15 heavy (non-hydrogen) atoms. The van der Waals surface area contributed by atoms with Crippen LogP contribution in [0.5, 0.6) is 0 Å². The fraction of sp³-hybridized carbons (Fsp3) is 0.909. The van der Waals surface area contributed by atoms with Crippen LogP contribution in [0.4, 0.5) is 0 Å². The van der Waals surface area contributed by atoms with Gasteiger partial charge < -0.3 is 11.1 Å². The van der Waals surface area contributed by atoms with Gasteiger partial charge in [-0.1, -0.05) is 27.7 Å². The van der Waals surface area contributed by atoms with Crippen molar-refractivity contribution in [1.82, 2.24) is 10.2 Å². The van der Waals surface area contributed by atoms with Crippen LogP contribution < -0.4 is 11.1 Å². The van der Waals surface area contributed by atoms with Crippen molar-refractivity contribution in [2.75, 3.05) is 32.7 Å². The number of primary amides is 1. The van der Waals surface area contributed by atoms with E-state index in [2.05, 4.69) is 10.2 Å². The third kappa shape index (κ3) is 11.3. The van der Waals surface area contributed by atoms with Crippen LogP contribution in [0.2, 0.25) is 0 Å². The Morgan fingerprint density at radius 1 is 1.27 bits per heavy atom. The van der Waals surface area contributed by atoms with E-state index in [0.717, 1.165) is 32.6 Å². The number of nitrogens with zero attached hydrogens (tertiary/aromatic N) is 1. The van der Waals surface area contributed by atoms with E-state index in [1.165, 1.54) is 0 Å². The Hall–Kier alpha value is -0.610. The maximum atomic E-state index is 10.5. The molecule has 0 aliphatic carbocycles. The first-order valence-electron chi connectivity index (χ1n) is 6.00. The molecular formula is C11H29N3O.